The molecule has 0 atom stereocenters. The zero-order valence-electron chi connectivity index (χ0n) is 13.1. The molecule has 0 bridgehead atoms. The van der Waals surface area contributed by atoms with Gasteiger partial charge in [-0.1, -0.05) is 11.2 Å². The summed E-state index contributed by atoms with van der Waals surface area (Å²) in [5.41, 5.74) is 0. The maximum Gasteiger partial charge on any atom is 0.325 e. The lowest BCUT2D eigenvalue weighted by molar-refractivity contribution is -0.141. The number of carbonyl (C=O) groups excluding carboxylic acids is 3. The second-order valence-electron chi connectivity index (χ2n) is 4.50. The number of carbonyl (C=O) groups is 3. The van der Waals surface area contributed by atoms with Crippen LogP contribution in [0.1, 0.15) is 12.7 Å². The number of nitrogens with zero attached hydrogens (tertiary/aromatic N) is 2. The fourth-order valence-electron chi connectivity index (χ4n) is 1.63. The molecule has 0 saturated carbocycles. The SMILES string of the molecule is C=CCN(CC(=O)Nc1cc(C)on1)C(=O)NCC(=O)OCC. The van der Waals surface area contributed by atoms with Crippen LogP contribution in [-0.2, 0) is 14.3 Å². The molecule has 0 radical (unpaired) electrons. The van der Waals surface area contributed by atoms with Crippen molar-refractivity contribution in [3.05, 3.63) is 24.5 Å². The van der Waals surface area contributed by atoms with E-state index >= 15 is 0 Å². The van der Waals surface area contributed by atoms with Gasteiger partial charge < -0.3 is 24.8 Å². The quantitative estimate of drug-likeness (QED) is 0.537. The Bertz CT molecular complexity index is 569. The zero-order valence-corrected chi connectivity index (χ0v) is 13.1. The minimum atomic E-state index is -0.579. The highest BCUT2D eigenvalue weighted by molar-refractivity contribution is 5.93. The molecule has 0 fully saturated rings. The van der Waals surface area contributed by atoms with Crippen molar-refractivity contribution in [2.45, 2.75) is 13.8 Å². The Kier molecular flexibility index (Phi) is 7.31. The predicted molar refractivity (Wildman–Crippen MR) is 81.7 cm³/mol. The Morgan fingerprint density at radius 1 is 1.48 bits per heavy atom. The lowest BCUT2D eigenvalue weighted by Crippen LogP contribution is -2.45. The van der Waals surface area contributed by atoms with Gasteiger partial charge in [0.05, 0.1) is 6.61 Å². The molecule has 0 aliphatic heterocycles. The van der Waals surface area contributed by atoms with Crippen LogP contribution >= 0.6 is 0 Å². The van der Waals surface area contributed by atoms with Crippen molar-refractivity contribution in [2.75, 3.05) is 31.6 Å². The lowest BCUT2D eigenvalue weighted by Gasteiger charge is -2.20. The van der Waals surface area contributed by atoms with Gasteiger partial charge >= 0.3 is 12.0 Å². The van der Waals surface area contributed by atoms with Crippen molar-refractivity contribution in [2.24, 2.45) is 0 Å². The smallest absolute Gasteiger partial charge is 0.325 e. The van der Waals surface area contributed by atoms with E-state index in [0.29, 0.717) is 5.76 Å². The molecule has 0 spiro atoms. The van der Waals surface area contributed by atoms with E-state index in [9.17, 15) is 14.4 Å². The van der Waals surface area contributed by atoms with E-state index in [1.165, 1.54) is 11.0 Å². The Morgan fingerprint density at radius 2 is 2.22 bits per heavy atom. The molecule has 126 valence electrons. The van der Waals surface area contributed by atoms with Crippen molar-refractivity contribution < 1.29 is 23.6 Å². The number of hydrogen-bond acceptors (Lipinski definition) is 6. The number of ether oxygens (including phenoxy) is 1. The van der Waals surface area contributed by atoms with Crippen LogP contribution < -0.4 is 10.6 Å². The van der Waals surface area contributed by atoms with Crippen LogP contribution in [0.5, 0.6) is 0 Å². The predicted octanol–water partition coefficient (Wildman–Crippen LogP) is 0.682. The third kappa shape index (κ3) is 6.64. The number of aryl methyl sites for hydroxylation is 1. The third-order valence-electron chi connectivity index (χ3n) is 2.56. The third-order valence-corrected chi connectivity index (χ3v) is 2.56. The van der Waals surface area contributed by atoms with Crippen molar-refractivity contribution in [1.82, 2.24) is 15.4 Å². The summed E-state index contributed by atoms with van der Waals surface area (Å²) < 4.78 is 9.53. The molecule has 1 rings (SSSR count). The number of anilines is 1. The molecule has 0 unspecified atom stereocenters. The monoisotopic (exact) mass is 324 g/mol. The van der Waals surface area contributed by atoms with Crippen LogP contribution in [0.3, 0.4) is 0 Å². The molecule has 0 aromatic carbocycles. The van der Waals surface area contributed by atoms with Crippen LogP contribution in [0.4, 0.5) is 10.6 Å². The molecular weight excluding hydrogens is 304 g/mol. The molecule has 3 amide bonds. The molecule has 1 heterocycles. The first-order valence-electron chi connectivity index (χ1n) is 6.98. The summed E-state index contributed by atoms with van der Waals surface area (Å²) in [5.74, 6) is -0.193. The van der Waals surface area contributed by atoms with Gasteiger partial charge in [-0.2, -0.15) is 0 Å². The maximum atomic E-state index is 12.0. The minimum absolute atomic E-state index is 0.139. The fraction of sp³-hybridized carbons (Fsp3) is 0.429. The summed E-state index contributed by atoms with van der Waals surface area (Å²) in [6.07, 6.45) is 1.47. The van der Waals surface area contributed by atoms with Gasteiger partial charge in [-0.25, -0.2) is 4.79 Å². The number of amides is 3. The standard InChI is InChI=1S/C14H20N4O5/c1-4-6-18(14(21)15-8-13(20)22-5-2)9-12(19)16-11-7-10(3)23-17-11/h4,7H,1,5-6,8-9H2,2-3H3,(H,15,21)(H,16,17,19). The Balaban J connectivity index is 2.52. The van der Waals surface area contributed by atoms with Crippen LogP contribution in [-0.4, -0.2) is 54.2 Å². The van der Waals surface area contributed by atoms with Gasteiger partial charge in [0.2, 0.25) is 5.91 Å². The molecule has 2 N–H and O–H groups in total. The van der Waals surface area contributed by atoms with Gasteiger partial charge in [0.1, 0.15) is 18.8 Å². The zero-order chi connectivity index (χ0) is 17.2. The van der Waals surface area contributed by atoms with E-state index in [4.69, 9.17) is 9.26 Å². The van der Waals surface area contributed by atoms with E-state index in [1.807, 2.05) is 0 Å². The number of hydrogen-bond donors (Lipinski definition) is 2. The molecule has 0 aliphatic rings. The lowest BCUT2D eigenvalue weighted by atomic mass is 10.4. The van der Waals surface area contributed by atoms with E-state index in [1.54, 1.807) is 19.9 Å². The van der Waals surface area contributed by atoms with Crippen LogP contribution in [0.2, 0.25) is 0 Å². The van der Waals surface area contributed by atoms with Crippen molar-refractivity contribution in [3.8, 4) is 0 Å². The number of nitrogens with one attached hydrogen (secondary N) is 2. The Morgan fingerprint density at radius 3 is 2.78 bits per heavy atom. The first-order valence-corrected chi connectivity index (χ1v) is 6.98. The summed E-state index contributed by atoms with van der Waals surface area (Å²) in [4.78, 5) is 36.3. The summed E-state index contributed by atoms with van der Waals surface area (Å²) in [6.45, 7) is 6.75. The van der Waals surface area contributed by atoms with Gasteiger partial charge in [-0.05, 0) is 13.8 Å². The molecular formula is C14H20N4O5. The van der Waals surface area contributed by atoms with Crippen molar-refractivity contribution in [3.63, 3.8) is 0 Å². The summed E-state index contributed by atoms with van der Waals surface area (Å²) in [5, 5.41) is 8.50. The molecule has 9 nitrogen and oxygen atoms in total. The topological polar surface area (TPSA) is 114 Å². The molecule has 1 aromatic rings. The average Bonchev–Trinajstić information content (AvgIpc) is 2.89. The normalized spacial score (nSPS) is 9.83. The number of urea groups is 1. The van der Waals surface area contributed by atoms with Crippen molar-refractivity contribution in [1.29, 1.82) is 0 Å². The summed E-state index contributed by atoms with van der Waals surface area (Å²) >= 11 is 0. The van der Waals surface area contributed by atoms with Crippen molar-refractivity contribution >= 4 is 23.7 Å². The van der Waals surface area contributed by atoms with E-state index < -0.39 is 17.9 Å². The Labute approximate surface area is 133 Å². The molecule has 9 heteroatoms. The number of aromatic nitrogens is 1. The molecule has 1 aromatic heterocycles. The molecule has 23 heavy (non-hydrogen) atoms. The van der Waals surface area contributed by atoms with Crippen LogP contribution in [0.15, 0.2) is 23.2 Å². The number of rotatable bonds is 8. The van der Waals surface area contributed by atoms with Crippen LogP contribution in [0, 0.1) is 6.92 Å². The van der Waals surface area contributed by atoms with E-state index in [-0.39, 0.29) is 32.1 Å². The second kappa shape index (κ2) is 9.23. The van der Waals surface area contributed by atoms with E-state index in [0.717, 1.165) is 0 Å². The fourth-order valence-corrected chi connectivity index (χ4v) is 1.63. The van der Waals surface area contributed by atoms with Gasteiger partial charge in [-0.15, -0.1) is 6.58 Å². The summed E-state index contributed by atoms with van der Waals surface area (Å²) in [7, 11) is 0. The number of esters is 1. The largest absolute Gasteiger partial charge is 0.465 e. The highest BCUT2D eigenvalue weighted by Gasteiger charge is 2.17. The first kappa shape index (κ1) is 18.2. The summed E-state index contributed by atoms with van der Waals surface area (Å²) in [6, 6.07) is 0.973. The van der Waals surface area contributed by atoms with Crippen LogP contribution in [0.25, 0.3) is 0 Å². The molecule has 0 saturated heterocycles. The first-order chi connectivity index (χ1) is 11.0. The van der Waals surface area contributed by atoms with E-state index in [2.05, 4.69) is 22.4 Å². The minimum Gasteiger partial charge on any atom is -0.465 e. The highest BCUT2D eigenvalue weighted by atomic mass is 16.5. The van der Waals surface area contributed by atoms with Gasteiger partial charge in [0.15, 0.2) is 5.82 Å². The highest BCUT2D eigenvalue weighted by Crippen LogP contribution is 2.06. The van der Waals surface area contributed by atoms with Gasteiger partial charge in [-0.3, -0.25) is 9.59 Å². The average molecular weight is 324 g/mol. The van der Waals surface area contributed by atoms with Gasteiger partial charge in [0.25, 0.3) is 0 Å². The van der Waals surface area contributed by atoms with Gasteiger partial charge in [0, 0.05) is 12.6 Å². The maximum absolute atomic E-state index is 12.0. The molecule has 0 aliphatic carbocycles. The Hall–Kier alpha value is -2.84. The second-order valence-corrected chi connectivity index (χ2v) is 4.50.